The maximum atomic E-state index is 12.2. The second-order valence-corrected chi connectivity index (χ2v) is 7.03. The fourth-order valence-electron chi connectivity index (χ4n) is 2.26. The van der Waals surface area contributed by atoms with Crippen LogP contribution in [0.15, 0.2) is 54.9 Å². The molecule has 128 valence electrons. The van der Waals surface area contributed by atoms with Crippen LogP contribution < -0.4 is 5.43 Å². The number of benzene rings is 2. The number of phenolic OH excluding ortho intramolecular Hbond substituents is 2. The normalized spacial score (nSPS) is 11.7. The van der Waals surface area contributed by atoms with Gasteiger partial charge < -0.3 is 14.6 Å². The van der Waals surface area contributed by atoms with Crippen molar-refractivity contribution in [1.29, 1.82) is 0 Å². The van der Waals surface area contributed by atoms with E-state index in [1.165, 1.54) is 18.2 Å². The van der Waals surface area contributed by atoms with Gasteiger partial charge in [0.05, 0.1) is 10.2 Å². The van der Waals surface area contributed by atoms with E-state index in [0.29, 0.717) is 16.9 Å². The Balaban J connectivity index is 1.83. The predicted molar refractivity (Wildman–Crippen MR) is 101 cm³/mol. The molecule has 0 aliphatic carbocycles. The lowest BCUT2D eigenvalue weighted by atomic mass is 10.1. The first kappa shape index (κ1) is 17.5. The first-order valence-electron chi connectivity index (χ1n) is 7.10. The summed E-state index contributed by atoms with van der Waals surface area (Å²) in [6.45, 7) is 1.62. The summed E-state index contributed by atoms with van der Waals surface area (Å²) in [4.78, 5) is 12.2. The standard InChI is InChI=1S/C17H12Br2N2O4/c1-8(12-3-2-11(22)7-14(12)23)20-21-17(24)15-5-9-4-10(18)6-13(19)16(9)25-15/h2-7,22-23H,1H3,(H,21,24). The number of hydrogen-bond donors (Lipinski definition) is 3. The van der Waals surface area contributed by atoms with E-state index in [-0.39, 0.29) is 17.3 Å². The van der Waals surface area contributed by atoms with E-state index in [1.807, 2.05) is 12.1 Å². The topological polar surface area (TPSA) is 95.1 Å². The van der Waals surface area contributed by atoms with E-state index in [2.05, 4.69) is 42.4 Å². The highest BCUT2D eigenvalue weighted by molar-refractivity contribution is 9.11. The van der Waals surface area contributed by atoms with E-state index in [0.717, 1.165) is 14.3 Å². The largest absolute Gasteiger partial charge is 0.508 e. The zero-order chi connectivity index (χ0) is 18.1. The highest BCUT2D eigenvalue weighted by atomic mass is 79.9. The van der Waals surface area contributed by atoms with Gasteiger partial charge >= 0.3 is 5.91 Å². The number of hydrogen-bond acceptors (Lipinski definition) is 5. The third-order valence-corrected chi connectivity index (χ3v) is 4.50. The van der Waals surface area contributed by atoms with Crippen LogP contribution in [0.4, 0.5) is 0 Å². The summed E-state index contributed by atoms with van der Waals surface area (Å²) in [5.74, 6) is -0.595. The molecule has 3 aromatic rings. The molecular weight excluding hydrogens is 456 g/mol. The van der Waals surface area contributed by atoms with Crippen molar-refractivity contribution < 1.29 is 19.4 Å². The number of carbonyl (C=O) groups is 1. The average Bonchev–Trinajstić information content (AvgIpc) is 2.96. The van der Waals surface area contributed by atoms with Gasteiger partial charge in [0, 0.05) is 21.5 Å². The van der Waals surface area contributed by atoms with Gasteiger partial charge in [-0.2, -0.15) is 5.10 Å². The van der Waals surface area contributed by atoms with Gasteiger partial charge in [0.1, 0.15) is 17.1 Å². The lowest BCUT2D eigenvalue weighted by Crippen LogP contribution is -2.18. The Bertz CT molecular complexity index is 1010. The quantitative estimate of drug-likeness (QED) is 0.389. The number of rotatable bonds is 3. The number of nitrogens with one attached hydrogen (secondary N) is 1. The molecule has 3 N–H and O–H groups in total. The molecule has 3 rings (SSSR count). The molecule has 2 aromatic carbocycles. The molecule has 0 aliphatic rings. The second-order valence-electron chi connectivity index (χ2n) is 5.26. The molecule has 1 heterocycles. The Kier molecular flexibility index (Phi) is 4.82. The van der Waals surface area contributed by atoms with Crippen molar-refractivity contribution >= 4 is 54.4 Å². The average molecular weight is 468 g/mol. The fourth-order valence-corrected chi connectivity index (χ4v) is 3.60. The van der Waals surface area contributed by atoms with Gasteiger partial charge in [-0.15, -0.1) is 0 Å². The van der Waals surface area contributed by atoms with Gasteiger partial charge in [-0.3, -0.25) is 4.79 Å². The van der Waals surface area contributed by atoms with E-state index in [4.69, 9.17) is 4.42 Å². The van der Waals surface area contributed by atoms with Crippen molar-refractivity contribution in [3.63, 3.8) is 0 Å². The van der Waals surface area contributed by atoms with Gasteiger partial charge in [0.15, 0.2) is 5.76 Å². The van der Waals surface area contributed by atoms with Crippen molar-refractivity contribution in [2.75, 3.05) is 0 Å². The van der Waals surface area contributed by atoms with Crippen molar-refractivity contribution in [2.24, 2.45) is 5.10 Å². The van der Waals surface area contributed by atoms with Gasteiger partial charge in [0.2, 0.25) is 0 Å². The second kappa shape index (κ2) is 6.89. The minimum absolute atomic E-state index is 0.0582. The van der Waals surface area contributed by atoms with Crippen molar-refractivity contribution in [2.45, 2.75) is 6.92 Å². The van der Waals surface area contributed by atoms with E-state index in [9.17, 15) is 15.0 Å². The first-order valence-corrected chi connectivity index (χ1v) is 8.69. The maximum Gasteiger partial charge on any atom is 0.307 e. The Morgan fingerprint density at radius 3 is 2.64 bits per heavy atom. The summed E-state index contributed by atoms with van der Waals surface area (Å²) in [6.07, 6.45) is 0. The zero-order valence-electron chi connectivity index (χ0n) is 12.9. The fraction of sp³-hybridized carbons (Fsp3) is 0.0588. The summed E-state index contributed by atoms with van der Waals surface area (Å²) in [6, 6.07) is 9.40. The SMILES string of the molecule is CC(=NNC(=O)c1cc2cc(Br)cc(Br)c2o1)c1ccc(O)cc1O. The molecule has 8 heteroatoms. The van der Waals surface area contributed by atoms with Crippen LogP contribution in [-0.4, -0.2) is 21.8 Å². The minimum atomic E-state index is -0.517. The molecule has 0 spiro atoms. The van der Waals surface area contributed by atoms with Crippen LogP contribution in [-0.2, 0) is 0 Å². The van der Waals surface area contributed by atoms with Crippen LogP contribution in [0, 0.1) is 0 Å². The number of fused-ring (bicyclic) bond motifs is 1. The van der Waals surface area contributed by atoms with Crippen LogP contribution in [0.2, 0.25) is 0 Å². The Morgan fingerprint density at radius 2 is 1.92 bits per heavy atom. The van der Waals surface area contributed by atoms with Crippen LogP contribution >= 0.6 is 31.9 Å². The lowest BCUT2D eigenvalue weighted by Gasteiger charge is -2.04. The molecule has 0 fully saturated rings. The summed E-state index contributed by atoms with van der Waals surface area (Å²) < 4.78 is 7.15. The number of furan rings is 1. The lowest BCUT2D eigenvalue weighted by molar-refractivity contribution is 0.0929. The molecule has 25 heavy (non-hydrogen) atoms. The maximum absolute atomic E-state index is 12.2. The third kappa shape index (κ3) is 3.69. The van der Waals surface area contributed by atoms with Crippen LogP contribution in [0.1, 0.15) is 23.0 Å². The first-order chi connectivity index (χ1) is 11.8. The number of phenols is 2. The van der Waals surface area contributed by atoms with Gasteiger partial charge in [-0.1, -0.05) is 15.9 Å². The molecule has 0 unspecified atom stereocenters. The van der Waals surface area contributed by atoms with Gasteiger partial charge in [-0.25, -0.2) is 5.43 Å². The summed E-state index contributed by atoms with van der Waals surface area (Å²) in [5.41, 5.74) is 3.73. The molecule has 0 aliphatic heterocycles. The summed E-state index contributed by atoms with van der Waals surface area (Å²) >= 11 is 6.77. The molecule has 0 atom stereocenters. The number of hydrazone groups is 1. The molecule has 6 nitrogen and oxygen atoms in total. The highest BCUT2D eigenvalue weighted by Gasteiger charge is 2.15. The molecule has 0 saturated carbocycles. The Labute approximate surface area is 159 Å². The molecular formula is C17H12Br2N2O4. The van der Waals surface area contributed by atoms with E-state index in [1.54, 1.807) is 13.0 Å². The van der Waals surface area contributed by atoms with E-state index < -0.39 is 5.91 Å². The molecule has 1 amide bonds. The smallest absolute Gasteiger partial charge is 0.307 e. The van der Waals surface area contributed by atoms with Crippen LogP contribution in [0.25, 0.3) is 11.0 Å². The number of aromatic hydroxyl groups is 2. The number of halogens is 2. The molecule has 0 radical (unpaired) electrons. The predicted octanol–water partition coefficient (Wildman–Crippen LogP) is 4.52. The minimum Gasteiger partial charge on any atom is -0.508 e. The van der Waals surface area contributed by atoms with Crippen molar-refractivity contribution in [3.8, 4) is 11.5 Å². The zero-order valence-corrected chi connectivity index (χ0v) is 16.1. The Hall–Kier alpha value is -2.32. The van der Waals surface area contributed by atoms with Crippen LogP contribution in [0.3, 0.4) is 0 Å². The number of nitrogens with zero attached hydrogens (tertiary/aromatic N) is 1. The third-order valence-electron chi connectivity index (χ3n) is 3.46. The molecule has 1 aromatic heterocycles. The summed E-state index contributed by atoms with van der Waals surface area (Å²) in [7, 11) is 0. The molecule has 0 saturated heterocycles. The molecule has 0 bridgehead atoms. The van der Waals surface area contributed by atoms with Crippen LogP contribution in [0.5, 0.6) is 11.5 Å². The van der Waals surface area contributed by atoms with Crippen molar-refractivity contribution in [1.82, 2.24) is 5.43 Å². The summed E-state index contributed by atoms with van der Waals surface area (Å²) in [5, 5.41) is 23.9. The van der Waals surface area contributed by atoms with E-state index >= 15 is 0 Å². The highest BCUT2D eigenvalue weighted by Crippen LogP contribution is 2.31. The van der Waals surface area contributed by atoms with Gasteiger partial charge in [-0.05, 0) is 53.2 Å². The Morgan fingerprint density at radius 1 is 1.16 bits per heavy atom. The number of amides is 1. The van der Waals surface area contributed by atoms with Crippen molar-refractivity contribution in [3.05, 3.63) is 56.7 Å². The monoisotopic (exact) mass is 466 g/mol. The number of carbonyl (C=O) groups excluding carboxylic acids is 1. The van der Waals surface area contributed by atoms with Gasteiger partial charge in [0.25, 0.3) is 0 Å².